The molecule has 0 fully saturated rings. The van der Waals surface area contributed by atoms with E-state index in [0.717, 1.165) is 16.6 Å². The van der Waals surface area contributed by atoms with Crippen LogP contribution in [0.2, 0.25) is 0 Å². The number of terminal acetylenes is 1. The van der Waals surface area contributed by atoms with Crippen LogP contribution in [0.15, 0.2) is 35.1 Å². The number of aromatic nitrogens is 1. The molecular weight excluding hydrogens is 256 g/mol. The number of nitrogens with zero attached hydrogens (tertiary/aromatic N) is 2. The van der Waals surface area contributed by atoms with Gasteiger partial charge in [0.1, 0.15) is 6.54 Å². The average Bonchev–Trinajstić information content (AvgIpc) is 2.41. The molecule has 20 heavy (non-hydrogen) atoms. The van der Waals surface area contributed by atoms with Gasteiger partial charge in [-0.3, -0.25) is 14.2 Å². The predicted molar refractivity (Wildman–Crippen MR) is 77.9 cm³/mol. The first-order valence-electron chi connectivity index (χ1n) is 6.03. The number of aliphatic carboxylic acids is 1. The Kier molecular flexibility index (Phi) is 3.76. The molecule has 1 N–H and O–H groups in total. The minimum Gasteiger partial charge on any atom is -0.480 e. The number of carboxylic acid groups (broad SMARTS) is 1. The quantitative estimate of drug-likeness (QED) is 0.847. The number of carbonyl (C=O) groups is 1. The van der Waals surface area contributed by atoms with E-state index in [0.29, 0.717) is 0 Å². The third-order valence-corrected chi connectivity index (χ3v) is 3.04. The molecule has 0 amide bonds. The van der Waals surface area contributed by atoms with E-state index in [1.165, 1.54) is 10.6 Å². The first-order chi connectivity index (χ1) is 9.52. The van der Waals surface area contributed by atoms with Crippen LogP contribution in [0.25, 0.3) is 10.9 Å². The highest BCUT2D eigenvalue weighted by molar-refractivity contribution is 5.84. The molecule has 0 aliphatic rings. The number of benzene rings is 1. The Morgan fingerprint density at radius 1 is 1.40 bits per heavy atom. The van der Waals surface area contributed by atoms with Gasteiger partial charge in [0.25, 0.3) is 5.56 Å². The lowest BCUT2D eigenvalue weighted by Gasteiger charge is -2.17. The van der Waals surface area contributed by atoms with Gasteiger partial charge in [0.2, 0.25) is 0 Å². The summed E-state index contributed by atoms with van der Waals surface area (Å²) >= 11 is 0. The van der Waals surface area contributed by atoms with Crippen molar-refractivity contribution in [1.29, 1.82) is 0 Å². The van der Waals surface area contributed by atoms with E-state index in [1.807, 2.05) is 6.07 Å². The maximum Gasteiger partial charge on any atom is 0.323 e. The van der Waals surface area contributed by atoms with Gasteiger partial charge in [-0.25, -0.2) is 0 Å². The number of carboxylic acids is 1. The summed E-state index contributed by atoms with van der Waals surface area (Å²) in [6, 6.07) is 8.56. The maximum absolute atomic E-state index is 11.8. The van der Waals surface area contributed by atoms with Gasteiger partial charge < -0.3 is 10.0 Å². The SMILES string of the molecule is C#CCn1c(=O)ccc2cc(N(C)CC(=O)O)ccc21. The number of anilines is 1. The normalized spacial score (nSPS) is 10.2. The molecule has 0 atom stereocenters. The smallest absolute Gasteiger partial charge is 0.323 e. The zero-order valence-electron chi connectivity index (χ0n) is 11.0. The van der Waals surface area contributed by atoms with Crippen molar-refractivity contribution in [3.63, 3.8) is 0 Å². The van der Waals surface area contributed by atoms with E-state index < -0.39 is 5.97 Å². The number of hydrogen-bond donors (Lipinski definition) is 1. The largest absolute Gasteiger partial charge is 0.480 e. The van der Waals surface area contributed by atoms with Crippen LogP contribution >= 0.6 is 0 Å². The van der Waals surface area contributed by atoms with Gasteiger partial charge in [-0.2, -0.15) is 0 Å². The van der Waals surface area contributed by atoms with Crippen molar-refractivity contribution in [3.8, 4) is 12.3 Å². The lowest BCUT2D eigenvalue weighted by molar-refractivity contribution is -0.135. The summed E-state index contributed by atoms with van der Waals surface area (Å²) in [6.45, 7) is 0.121. The average molecular weight is 270 g/mol. The number of likely N-dealkylation sites (N-methyl/N-ethyl adjacent to an activating group) is 1. The molecule has 2 rings (SSSR count). The van der Waals surface area contributed by atoms with Crippen LogP contribution < -0.4 is 10.5 Å². The number of hydrogen-bond acceptors (Lipinski definition) is 3. The molecule has 5 heteroatoms. The highest BCUT2D eigenvalue weighted by Gasteiger charge is 2.08. The Balaban J connectivity index is 2.51. The summed E-state index contributed by atoms with van der Waals surface area (Å²) in [5.41, 5.74) is 1.36. The van der Waals surface area contributed by atoms with Gasteiger partial charge in [0.15, 0.2) is 0 Å². The summed E-state index contributed by atoms with van der Waals surface area (Å²) in [4.78, 5) is 24.1. The molecular formula is C15H14N2O3. The van der Waals surface area contributed by atoms with Crippen molar-refractivity contribution in [2.45, 2.75) is 6.54 Å². The zero-order chi connectivity index (χ0) is 14.7. The van der Waals surface area contributed by atoms with Crippen LogP contribution in [0.4, 0.5) is 5.69 Å². The van der Waals surface area contributed by atoms with Crippen LogP contribution in [0, 0.1) is 12.3 Å². The molecule has 1 aromatic carbocycles. The highest BCUT2D eigenvalue weighted by Crippen LogP contribution is 2.20. The summed E-state index contributed by atoms with van der Waals surface area (Å²) in [5, 5.41) is 9.64. The molecule has 1 heterocycles. The van der Waals surface area contributed by atoms with Gasteiger partial charge in [0, 0.05) is 24.2 Å². The van der Waals surface area contributed by atoms with Crippen molar-refractivity contribution in [3.05, 3.63) is 40.7 Å². The molecule has 0 bridgehead atoms. The second kappa shape index (κ2) is 5.49. The van der Waals surface area contributed by atoms with E-state index in [2.05, 4.69) is 5.92 Å². The fourth-order valence-corrected chi connectivity index (χ4v) is 2.08. The Morgan fingerprint density at radius 3 is 2.80 bits per heavy atom. The molecule has 0 spiro atoms. The summed E-state index contributed by atoms with van der Waals surface area (Å²) in [6.07, 6.45) is 5.27. The van der Waals surface area contributed by atoms with Crippen LogP contribution in [0.1, 0.15) is 0 Å². The highest BCUT2D eigenvalue weighted by atomic mass is 16.4. The Bertz CT molecular complexity index is 756. The van der Waals surface area contributed by atoms with Gasteiger partial charge in [0.05, 0.1) is 12.1 Å². The molecule has 0 unspecified atom stereocenters. The van der Waals surface area contributed by atoms with E-state index >= 15 is 0 Å². The molecule has 0 saturated heterocycles. The monoisotopic (exact) mass is 270 g/mol. The van der Waals surface area contributed by atoms with Gasteiger partial charge in [-0.05, 0) is 24.3 Å². The predicted octanol–water partition coefficient (Wildman–Crippen LogP) is 1.16. The standard InChI is InChI=1S/C15H14N2O3/c1-3-8-17-13-6-5-12(16(2)10-15(19)20)9-11(13)4-7-14(17)18/h1,4-7,9H,8,10H2,2H3,(H,19,20). The molecule has 0 aliphatic carbocycles. The molecule has 102 valence electrons. The topological polar surface area (TPSA) is 62.5 Å². The molecule has 2 aromatic rings. The van der Waals surface area contributed by atoms with E-state index in [9.17, 15) is 9.59 Å². The Hall–Kier alpha value is -2.74. The lowest BCUT2D eigenvalue weighted by Crippen LogP contribution is -2.25. The van der Waals surface area contributed by atoms with Crippen LogP contribution in [0.3, 0.4) is 0 Å². The molecule has 5 nitrogen and oxygen atoms in total. The molecule has 0 aliphatic heterocycles. The third kappa shape index (κ3) is 2.64. The number of fused-ring (bicyclic) bond motifs is 1. The van der Waals surface area contributed by atoms with Crippen molar-refractivity contribution in [2.24, 2.45) is 0 Å². The molecule has 1 aromatic heterocycles. The second-order valence-electron chi connectivity index (χ2n) is 4.45. The van der Waals surface area contributed by atoms with E-state index in [4.69, 9.17) is 11.5 Å². The minimum atomic E-state index is -0.898. The third-order valence-electron chi connectivity index (χ3n) is 3.04. The zero-order valence-corrected chi connectivity index (χ0v) is 11.0. The number of rotatable bonds is 4. The van der Waals surface area contributed by atoms with Crippen LogP contribution in [-0.2, 0) is 11.3 Å². The summed E-state index contributed by atoms with van der Waals surface area (Å²) in [7, 11) is 1.70. The lowest BCUT2D eigenvalue weighted by atomic mass is 10.2. The fourth-order valence-electron chi connectivity index (χ4n) is 2.08. The van der Waals surface area contributed by atoms with Crippen molar-refractivity contribution in [1.82, 2.24) is 4.57 Å². The summed E-state index contributed by atoms with van der Waals surface area (Å²) < 4.78 is 1.51. The second-order valence-corrected chi connectivity index (χ2v) is 4.45. The Labute approximate surface area is 116 Å². The van der Waals surface area contributed by atoms with E-state index in [-0.39, 0.29) is 18.6 Å². The molecule has 0 radical (unpaired) electrons. The first-order valence-corrected chi connectivity index (χ1v) is 6.03. The van der Waals surface area contributed by atoms with Crippen molar-refractivity contribution >= 4 is 22.6 Å². The van der Waals surface area contributed by atoms with E-state index in [1.54, 1.807) is 30.1 Å². The van der Waals surface area contributed by atoms with Gasteiger partial charge >= 0.3 is 5.97 Å². The molecule has 0 saturated carbocycles. The first kappa shape index (κ1) is 13.7. The summed E-state index contributed by atoms with van der Waals surface area (Å²) in [5.74, 6) is 1.56. The van der Waals surface area contributed by atoms with Gasteiger partial charge in [-0.15, -0.1) is 6.42 Å². The number of pyridine rings is 1. The maximum atomic E-state index is 11.8. The minimum absolute atomic E-state index is 0.0878. The van der Waals surface area contributed by atoms with Crippen molar-refractivity contribution < 1.29 is 9.90 Å². The van der Waals surface area contributed by atoms with Gasteiger partial charge in [-0.1, -0.05) is 5.92 Å². The van der Waals surface area contributed by atoms with Crippen LogP contribution in [0.5, 0.6) is 0 Å². The van der Waals surface area contributed by atoms with Crippen molar-refractivity contribution in [2.75, 3.05) is 18.5 Å². The van der Waals surface area contributed by atoms with Crippen LogP contribution in [-0.4, -0.2) is 29.2 Å². The Morgan fingerprint density at radius 2 is 2.15 bits per heavy atom. The fraction of sp³-hybridized carbons (Fsp3) is 0.200.